The Labute approximate surface area is 155 Å². The molecule has 2 aliphatic rings. The van der Waals surface area contributed by atoms with Gasteiger partial charge in [-0.2, -0.15) is 0 Å². The molecule has 0 spiro atoms. The van der Waals surface area contributed by atoms with E-state index in [-0.39, 0.29) is 11.6 Å². The zero-order chi connectivity index (χ0) is 20.0. The lowest BCUT2D eigenvalue weighted by molar-refractivity contribution is -0.257. The lowest BCUT2D eigenvalue weighted by Gasteiger charge is -2.41. The van der Waals surface area contributed by atoms with Gasteiger partial charge in [-0.05, 0) is 37.5 Å². The second-order valence-corrected chi connectivity index (χ2v) is 13.7. The first-order chi connectivity index (χ1) is 11.8. The number of hydrogen-bond acceptors (Lipinski definition) is 7. The van der Waals surface area contributed by atoms with Crippen LogP contribution in [0.4, 0.5) is 0 Å². The number of aliphatic hydroxyl groups is 2. The molecule has 2 heterocycles. The molecule has 0 aliphatic carbocycles. The molecular weight excluding hydrogens is 358 g/mol. The number of aliphatic hydroxyl groups excluding tert-OH is 2. The minimum absolute atomic E-state index is 0.0300. The summed E-state index contributed by atoms with van der Waals surface area (Å²) in [6.45, 7) is 13.5. The lowest BCUT2D eigenvalue weighted by atomic mass is 9.94. The van der Waals surface area contributed by atoms with Crippen molar-refractivity contribution >= 4 is 8.32 Å². The number of nitrogens with zero attached hydrogens (tertiary/aromatic N) is 3. The van der Waals surface area contributed by atoms with Gasteiger partial charge in [-0.3, -0.25) is 0 Å². The average Bonchev–Trinajstić information content (AvgIpc) is 2.92. The maximum atomic E-state index is 10.5. The van der Waals surface area contributed by atoms with Crippen molar-refractivity contribution in [3.63, 3.8) is 0 Å². The van der Waals surface area contributed by atoms with Crippen molar-refractivity contribution in [2.75, 3.05) is 13.2 Å². The molecule has 9 nitrogen and oxygen atoms in total. The standard InChI is InChI=1S/C16H31N3O6Si/c1-14(2,3)26(6,7)24-10(8-18-19-17)11-12-16(9-20,13(21)22-11)25-15(4,5)23-12/h10-13,20-21H,8-9H2,1-7H3/t10-,11-,12+,13?,16+/m1/s1. The van der Waals surface area contributed by atoms with Crippen LogP contribution >= 0.6 is 0 Å². The van der Waals surface area contributed by atoms with Gasteiger partial charge in [0.25, 0.3) is 0 Å². The average molecular weight is 390 g/mol. The Bertz CT molecular complexity index is 575. The first-order valence-corrected chi connectivity index (χ1v) is 11.7. The van der Waals surface area contributed by atoms with Crippen LogP contribution in [0.15, 0.2) is 5.11 Å². The zero-order valence-electron chi connectivity index (χ0n) is 16.6. The molecule has 0 aromatic heterocycles. The molecule has 5 atom stereocenters. The number of fused-ring (bicyclic) bond motifs is 1. The van der Waals surface area contributed by atoms with Crippen molar-refractivity contribution in [1.29, 1.82) is 0 Å². The smallest absolute Gasteiger partial charge is 0.192 e. The summed E-state index contributed by atoms with van der Waals surface area (Å²) in [5, 5.41) is 24.0. The van der Waals surface area contributed by atoms with Gasteiger partial charge in [0.05, 0.1) is 19.3 Å². The van der Waals surface area contributed by atoms with Crippen LogP contribution in [0.3, 0.4) is 0 Å². The number of ether oxygens (including phenoxy) is 3. The highest BCUT2D eigenvalue weighted by Crippen LogP contribution is 2.48. The van der Waals surface area contributed by atoms with Gasteiger partial charge >= 0.3 is 0 Å². The summed E-state index contributed by atoms with van der Waals surface area (Å²) in [4.78, 5) is 2.83. The summed E-state index contributed by atoms with van der Waals surface area (Å²) in [5.41, 5.74) is 7.37. The van der Waals surface area contributed by atoms with E-state index in [1.165, 1.54) is 0 Å². The van der Waals surface area contributed by atoms with Crippen LogP contribution in [-0.2, 0) is 18.6 Å². The van der Waals surface area contributed by atoms with Gasteiger partial charge in [0.2, 0.25) is 0 Å². The molecule has 2 saturated heterocycles. The predicted molar refractivity (Wildman–Crippen MR) is 96.8 cm³/mol. The third-order valence-electron chi connectivity index (χ3n) is 5.52. The van der Waals surface area contributed by atoms with E-state index in [2.05, 4.69) is 43.9 Å². The summed E-state index contributed by atoms with van der Waals surface area (Å²) in [6, 6.07) is 0. The molecule has 0 radical (unpaired) electrons. The highest BCUT2D eigenvalue weighted by atomic mass is 28.4. The van der Waals surface area contributed by atoms with Gasteiger partial charge in [0.15, 0.2) is 26.0 Å². The van der Waals surface area contributed by atoms with Gasteiger partial charge in [-0.15, -0.1) is 0 Å². The number of hydrogen-bond donors (Lipinski definition) is 2. The molecule has 2 N–H and O–H groups in total. The van der Waals surface area contributed by atoms with Crippen molar-refractivity contribution in [2.45, 2.75) is 88.7 Å². The first-order valence-electron chi connectivity index (χ1n) is 8.81. The fourth-order valence-corrected chi connectivity index (χ4v) is 4.50. The third-order valence-corrected chi connectivity index (χ3v) is 10.0. The molecule has 150 valence electrons. The van der Waals surface area contributed by atoms with Crippen molar-refractivity contribution in [2.24, 2.45) is 5.11 Å². The summed E-state index contributed by atoms with van der Waals surface area (Å²) in [5.74, 6) is -0.990. The molecule has 2 rings (SSSR count). The molecule has 2 fully saturated rings. The van der Waals surface area contributed by atoms with Gasteiger partial charge < -0.3 is 28.8 Å². The van der Waals surface area contributed by atoms with Gasteiger partial charge in [-0.1, -0.05) is 25.9 Å². The van der Waals surface area contributed by atoms with Gasteiger partial charge in [-0.25, -0.2) is 0 Å². The molecule has 0 saturated carbocycles. The van der Waals surface area contributed by atoms with Crippen molar-refractivity contribution in [3.05, 3.63) is 10.4 Å². The number of azide groups is 1. The van der Waals surface area contributed by atoms with E-state index in [0.717, 1.165) is 0 Å². The second kappa shape index (κ2) is 7.03. The Morgan fingerprint density at radius 1 is 1.35 bits per heavy atom. The Morgan fingerprint density at radius 3 is 2.46 bits per heavy atom. The Morgan fingerprint density at radius 2 is 1.96 bits per heavy atom. The SMILES string of the molecule is CC1(C)O[C@H]2[C@@H]([C@@H](CN=[N+]=[N-])O[Si](C)(C)C(C)(C)C)OC(O)[C@@]2(CO)O1. The van der Waals surface area contributed by atoms with Crippen molar-refractivity contribution in [1.82, 2.24) is 0 Å². The highest BCUT2D eigenvalue weighted by Gasteiger charge is 2.67. The molecule has 10 heteroatoms. The molecule has 0 aromatic carbocycles. The van der Waals surface area contributed by atoms with Crippen LogP contribution < -0.4 is 0 Å². The van der Waals surface area contributed by atoms with E-state index >= 15 is 0 Å². The molecule has 2 aliphatic heterocycles. The predicted octanol–water partition coefficient (Wildman–Crippen LogP) is 2.29. The van der Waals surface area contributed by atoms with Crippen LogP contribution in [0, 0.1) is 0 Å². The maximum absolute atomic E-state index is 10.5. The van der Waals surface area contributed by atoms with Gasteiger partial charge in [0.1, 0.15) is 12.2 Å². The minimum Gasteiger partial charge on any atom is -0.411 e. The van der Waals surface area contributed by atoms with Crippen LogP contribution in [0.25, 0.3) is 10.4 Å². The first kappa shape index (κ1) is 21.6. The monoisotopic (exact) mass is 389 g/mol. The van der Waals surface area contributed by atoms with E-state index in [1.54, 1.807) is 13.8 Å². The Balaban J connectivity index is 2.35. The summed E-state index contributed by atoms with van der Waals surface area (Å²) in [7, 11) is -2.23. The summed E-state index contributed by atoms with van der Waals surface area (Å²) >= 11 is 0. The van der Waals surface area contributed by atoms with E-state index in [0.29, 0.717) is 0 Å². The van der Waals surface area contributed by atoms with E-state index < -0.39 is 50.9 Å². The van der Waals surface area contributed by atoms with Crippen molar-refractivity contribution in [3.8, 4) is 0 Å². The molecule has 0 amide bonds. The van der Waals surface area contributed by atoms with Gasteiger partial charge in [0, 0.05) is 4.91 Å². The van der Waals surface area contributed by atoms with Crippen LogP contribution in [-0.4, -0.2) is 67.7 Å². The zero-order valence-corrected chi connectivity index (χ0v) is 17.6. The molecule has 0 aromatic rings. The van der Waals surface area contributed by atoms with Crippen LogP contribution in [0.5, 0.6) is 0 Å². The quantitative estimate of drug-likeness (QED) is 0.311. The molecule has 26 heavy (non-hydrogen) atoms. The highest BCUT2D eigenvalue weighted by molar-refractivity contribution is 6.74. The normalized spacial score (nSPS) is 35.0. The van der Waals surface area contributed by atoms with E-state index in [4.69, 9.17) is 24.2 Å². The maximum Gasteiger partial charge on any atom is 0.192 e. The van der Waals surface area contributed by atoms with E-state index in [9.17, 15) is 10.2 Å². The van der Waals surface area contributed by atoms with E-state index in [1.807, 2.05) is 0 Å². The Hall–Kier alpha value is -0.713. The minimum atomic E-state index is -2.23. The molecule has 0 bridgehead atoms. The molecule has 1 unspecified atom stereocenters. The lowest BCUT2D eigenvalue weighted by Crippen LogP contribution is -2.53. The fraction of sp³-hybridized carbons (Fsp3) is 1.00. The van der Waals surface area contributed by atoms with Crippen LogP contribution in [0.2, 0.25) is 18.1 Å². The molecular formula is C16H31N3O6Si. The Kier molecular flexibility index (Phi) is 5.84. The number of rotatable bonds is 6. The summed E-state index contributed by atoms with van der Waals surface area (Å²) in [6.07, 6.45) is -3.49. The van der Waals surface area contributed by atoms with Crippen molar-refractivity contribution < 1.29 is 28.8 Å². The fourth-order valence-electron chi connectivity index (χ4n) is 3.18. The summed E-state index contributed by atoms with van der Waals surface area (Å²) < 4.78 is 23.9. The second-order valence-electron chi connectivity index (χ2n) is 8.94. The topological polar surface area (TPSA) is 126 Å². The third kappa shape index (κ3) is 3.78. The van der Waals surface area contributed by atoms with Crippen LogP contribution in [0.1, 0.15) is 34.6 Å². The largest absolute Gasteiger partial charge is 0.411 e.